The Kier molecular flexibility index (Phi) is 5.18. The molecule has 0 aromatic heterocycles. The average molecular weight is 188 g/mol. The molecule has 0 saturated heterocycles. The topological polar surface area (TPSA) is 35.5 Å². The quantitative estimate of drug-likeness (QED) is 0.619. The molecular formula is C10H20O3. The van der Waals surface area contributed by atoms with Gasteiger partial charge in [0.2, 0.25) is 0 Å². The van der Waals surface area contributed by atoms with E-state index in [0.717, 1.165) is 0 Å². The summed E-state index contributed by atoms with van der Waals surface area (Å²) in [6.07, 6.45) is 0.880. The summed E-state index contributed by atoms with van der Waals surface area (Å²) in [6, 6.07) is 0. The number of ether oxygens (including phenoxy) is 2. The highest BCUT2D eigenvalue weighted by Gasteiger charge is 2.21. The zero-order valence-corrected chi connectivity index (χ0v) is 9.22. The van der Waals surface area contributed by atoms with Crippen LogP contribution in [0.1, 0.15) is 33.6 Å². The number of hydrogen-bond donors (Lipinski definition) is 0. The van der Waals surface area contributed by atoms with Gasteiger partial charge in [-0.1, -0.05) is 20.8 Å². The third-order valence-corrected chi connectivity index (χ3v) is 1.97. The SMILES string of the molecule is COC(CCC(=O)C(C)(C)C)OC. The molecule has 13 heavy (non-hydrogen) atoms. The number of ketones is 1. The third kappa shape index (κ3) is 5.01. The number of hydrogen-bond acceptors (Lipinski definition) is 3. The Bertz CT molecular complexity index is 154. The van der Waals surface area contributed by atoms with Crippen molar-refractivity contribution in [1.82, 2.24) is 0 Å². The van der Waals surface area contributed by atoms with Crippen molar-refractivity contribution < 1.29 is 14.3 Å². The summed E-state index contributed by atoms with van der Waals surface area (Å²) in [4.78, 5) is 11.5. The highest BCUT2D eigenvalue weighted by atomic mass is 16.7. The van der Waals surface area contributed by atoms with Gasteiger partial charge in [-0.2, -0.15) is 0 Å². The van der Waals surface area contributed by atoms with Gasteiger partial charge in [0.25, 0.3) is 0 Å². The fourth-order valence-electron chi connectivity index (χ4n) is 0.956. The minimum Gasteiger partial charge on any atom is -0.356 e. The molecule has 0 unspecified atom stereocenters. The van der Waals surface area contributed by atoms with Gasteiger partial charge in [-0.05, 0) is 0 Å². The largest absolute Gasteiger partial charge is 0.356 e. The molecule has 0 heterocycles. The van der Waals surface area contributed by atoms with E-state index in [4.69, 9.17) is 9.47 Å². The van der Waals surface area contributed by atoms with Gasteiger partial charge in [-0.15, -0.1) is 0 Å². The fourth-order valence-corrected chi connectivity index (χ4v) is 0.956. The molecule has 0 spiro atoms. The number of carbonyl (C=O) groups is 1. The zero-order chi connectivity index (χ0) is 10.5. The van der Waals surface area contributed by atoms with E-state index >= 15 is 0 Å². The Labute approximate surface area is 80.4 Å². The summed E-state index contributed by atoms with van der Waals surface area (Å²) >= 11 is 0. The second-order valence-corrected chi connectivity index (χ2v) is 4.11. The maximum absolute atomic E-state index is 11.5. The Morgan fingerprint density at radius 1 is 1.23 bits per heavy atom. The van der Waals surface area contributed by atoms with E-state index in [9.17, 15) is 4.79 Å². The monoisotopic (exact) mass is 188 g/mol. The summed E-state index contributed by atoms with van der Waals surface area (Å²) < 4.78 is 9.98. The van der Waals surface area contributed by atoms with Gasteiger partial charge in [-0.3, -0.25) is 4.79 Å². The molecule has 0 aromatic rings. The second kappa shape index (κ2) is 5.35. The Balaban J connectivity index is 3.82. The van der Waals surface area contributed by atoms with Crippen LogP contribution in [0.4, 0.5) is 0 Å². The standard InChI is InChI=1S/C10H20O3/c1-10(2,3)8(11)6-7-9(12-4)13-5/h9H,6-7H2,1-5H3. The molecule has 78 valence electrons. The van der Waals surface area contributed by atoms with E-state index in [-0.39, 0.29) is 17.5 Å². The molecule has 0 saturated carbocycles. The lowest BCUT2D eigenvalue weighted by Gasteiger charge is -2.18. The normalized spacial score (nSPS) is 12.2. The Morgan fingerprint density at radius 3 is 2.00 bits per heavy atom. The number of rotatable bonds is 5. The predicted octanol–water partition coefficient (Wildman–Crippen LogP) is 2.00. The van der Waals surface area contributed by atoms with Crippen molar-refractivity contribution in [3.8, 4) is 0 Å². The molecule has 3 nitrogen and oxygen atoms in total. The fraction of sp³-hybridized carbons (Fsp3) is 0.900. The summed E-state index contributed by atoms with van der Waals surface area (Å²) in [5.74, 6) is 0.242. The molecule has 0 N–H and O–H groups in total. The molecule has 0 atom stereocenters. The van der Waals surface area contributed by atoms with Crippen molar-refractivity contribution in [2.24, 2.45) is 5.41 Å². The Morgan fingerprint density at radius 2 is 1.69 bits per heavy atom. The first-order valence-electron chi connectivity index (χ1n) is 4.50. The second-order valence-electron chi connectivity index (χ2n) is 4.11. The lowest BCUT2D eigenvalue weighted by molar-refractivity contribution is -0.133. The molecule has 0 aliphatic heterocycles. The van der Waals surface area contributed by atoms with Crippen LogP contribution in [0.3, 0.4) is 0 Å². The molecule has 0 bridgehead atoms. The smallest absolute Gasteiger partial charge is 0.157 e. The Hall–Kier alpha value is -0.410. The maximum Gasteiger partial charge on any atom is 0.157 e. The molecule has 0 aromatic carbocycles. The van der Waals surface area contributed by atoms with Crippen LogP contribution in [0, 0.1) is 5.41 Å². The first kappa shape index (κ1) is 12.6. The molecule has 0 radical (unpaired) electrons. The first-order chi connectivity index (χ1) is 5.91. The van der Waals surface area contributed by atoms with Gasteiger partial charge in [-0.25, -0.2) is 0 Å². The van der Waals surface area contributed by atoms with Crippen LogP contribution >= 0.6 is 0 Å². The summed E-state index contributed by atoms with van der Waals surface area (Å²) in [7, 11) is 3.16. The van der Waals surface area contributed by atoms with Crippen LogP contribution < -0.4 is 0 Å². The van der Waals surface area contributed by atoms with E-state index in [1.807, 2.05) is 20.8 Å². The highest BCUT2D eigenvalue weighted by molar-refractivity contribution is 5.83. The van der Waals surface area contributed by atoms with E-state index < -0.39 is 0 Å². The van der Waals surface area contributed by atoms with E-state index in [2.05, 4.69) is 0 Å². The lowest BCUT2D eigenvalue weighted by Crippen LogP contribution is -2.23. The molecule has 3 heteroatoms. The molecule has 0 fully saturated rings. The van der Waals surface area contributed by atoms with Gasteiger partial charge in [0, 0.05) is 32.5 Å². The van der Waals surface area contributed by atoms with E-state index in [1.54, 1.807) is 14.2 Å². The number of methoxy groups -OCH3 is 2. The molecule has 0 aliphatic carbocycles. The van der Waals surface area contributed by atoms with Crippen LogP contribution in [0.2, 0.25) is 0 Å². The van der Waals surface area contributed by atoms with Crippen LogP contribution in [0.15, 0.2) is 0 Å². The van der Waals surface area contributed by atoms with Crippen molar-refractivity contribution in [2.45, 2.75) is 39.9 Å². The van der Waals surface area contributed by atoms with Gasteiger partial charge in [0.15, 0.2) is 6.29 Å². The van der Waals surface area contributed by atoms with Crippen LogP contribution in [-0.4, -0.2) is 26.3 Å². The maximum atomic E-state index is 11.5. The van der Waals surface area contributed by atoms with Crippen LogP contribution in [-0.2, 0) is 14.3 Å². The lowest BCUT2D eigenvalue weighted by atomic mass is 9.88. The van der Waals surface area contributed by atoms with E-state index in [0.29, 0.717) is 12.8 Å². The van der Waals surface area contributed by atoms with Crippen molar-refractivity contribution in [2.75, 3.05) is 14.2 Å². The first-order valence-corrected chi connectivity index (χ1v) is 4.50. The highest BCUT2D eigenvalue weighted by Crippen LogP contribution is 2.18. The minimum absolute atomic E-state index is 0.242. The van der Waals surface area contributed by atoms with E-state index in [1.165, 1.54) is 0 Å². The van der Waals surface area contributed by atoms with Gasteiger partial charge < -0.3 is 9.47 Å². The van der Waals surface area contributed by atoms with Crippen molar-refractivity contribution in [3.05, 3.63) is 0 Å². The summed E-state index contributed by atoms with van der Waals surface area (Å²) in [5, 5.41) is 0. The minimum atomic E-state index is -0.258. The summed E-state index contributed by atoms with van der Waals surface area (Å²) in [5.41, 5.74) is -0.258. The average Bonchev–Trinajstić information content (AvgIpc) is 2.04. The third-order valence-electron chi connectivity index (χ3n) is 1.97. The van der Waals surface area contributed by atoms with Gasteiger partial charge >= 0.3 is 0 Å². The van der Waals surface area contributed by atoms with Crippen LogP contribution in [0.5, 0.6) is 0 Å². The molecule has 0 amide bonds. The molecular weight excluding hydrogens is 168 g/mol. The number of carbonyl (C=O) groups excluding carboxylic acids is 1. The van der Waals surface area contributed by atoms with Gasteiger partial charge in [0.05, 0.1) is 0 Å². The zero-order valence-electron chi connectivity index (χ0n) is 9.22. The van der Waals surface area contributed by atoms with Crippen molar-refractivity contribution in [1.29, 1.82) is 0 Å². The van der Waals surface area contributed by atoms with Crippen molar-refractivity contribution >= 4 is 5.78 Å². The summed E-state index contributed by atoms with van der Waals surface area (Å²) in [6.45, 7) is 5.76. The number of Topliss-reactive ketones (excluding diaryl/α,β-unsaturated/α-hetero) is 1. The van der Waals surface area contributed by atoms with Crippen LogP contribution in [0.25, 0.3) is 0 Å². The van der Waals surface area contributed by atoms with Gasteiger partial charge in [0.1, 0.15) is 5.78 Å². The molecule has 0 aliphatic rings. The van der Waals surface area contributed by atoms with Crippen molar-refractivity contribution in [3.63, 3.8) is 0 Å². The predicted molar refractivity (Wildman–Crippen MR) is 51.5 cm³/mol. The molecule has 0 rings (SSSR count).